The topological polar surface area (TPSA) is 71.1 Å². The van der Waals surface area contributed by atoms with Crippen LogP contribution in [0, 0.1) is 0 Å². The van der Waals surface area contributed by atoms with Crippen molar-refractivity contribution < 1.29 is 19.1 Å². The third-order valence-corrected chi connectivity index (χ3v) is 5.52. The molecule has 0 saturated carbocycles. The fourth-order valence-corrected chi connectivity index (χ4v) is 4.08. The molecule has 0 unspecified atom stereocenters. The van der Waals surface area contributed by atoms with Crippen LogP contribution >= 0.6 is 0 Å². The molecule has 28 heavy (non-hydrogen) atoms. The molecule has 0 bridgehead atoms. The third-order valence-electron chi connectivity index (χ3n) is 5.52. The summed E-state index contributed by atoms with van der Waals surface area (Å²) in [5, 5.41) is 2.95. The normalized spacial score (nSPS) is 25.6. The molecule has 4 rings (SSSR count). The van der Waals surface area contributed by atoms with Crippen molar-refractivity contribution in [2.45, 2.75) is 50.9 Å². The van der Waals surface area contributed by atoms with Gasteiger partial charge in [0.25, 0.3) is 0 Å². The zero-order valence-electron chi connectivity index (χ0n) is 16.8. The van der Waals surface area contributed by atoms with Gasteiger partial charge in [-0.1, -0.05) is 12.1 Å². The highest BCUT2D eigenvalue weighted by atomic mass is 16.5. The molecule has 3 amide bonds. The minimum absolute atomic E-state index is 0.0275. The van der Waals surface area contributed by atoms with Crippen LogP contribution < -0.4 is 10.1 Å². The number of carbonyl (C=O) groups excluding carboxylic acids is 2. The van der Waals surface area contributed by atoms with E-state index in [9.17, 15) is 9.59 Å². The lowest BCUT2D eigenvalue weighted by Crippen LogP contribution is -2.63. The molecule has 3 aliphatic rings. The third kappa shape index (κ3) is 4.09. The highest BCUT2D eigenvalue weighted by molar-refractivity contribution is 5.79. The molecule has 1 aromatic rings. The Bertz CT molecular complexity index is 737. The van der Waals surface area contributed by atoms with Crippen LogP contribution in [-0.4, -0.2) is 72.3 Å². The van der Waals surface area contributed by atoms with Gasteiger partial charge >= 0.3 is 6.03 Å². The number of nitrogens with one attached hydrogen (secondary N) is 1. The smallest absolute Gasteiger partial charge is 0.320 e. The molecule has 2 atom stereocenters. The Kier molecular flexibility index (Phi) is 4.95. The van der Waals surface area contributed by atoms with Crippen molar-refractivity contribution in [2.24, 2.45) is 0 Å². The number of ether oxygens (including phenoxy) is 2. The van der Waals surface area contributed by atoms with Gasteiger partial charge in [0.15, 0.2) is 0 Å². The van der Waals surface area contributed by atoms with Gasteiger partial charge in [0.2, 0.25) is 5.91 Å². The van der Waals surface area contributed by atoms with E-state index in [1.165, 1.54) is 5.56 Å². The summed E-state index contributed by atoms with van der Waals surface area (Å²) in [5.74, 6) is 1.13. The molecule has 3 saturated heterocycles. The quantitative estimate of drug-likeness (QED) is 0.842. The van der Waals surface area contributed by atoms with Gasteiger partial charge in [0, 0.05) is 32.1 Å². The van der Waals surface area contributed by atoms with Gasteiger partial charge in [0.1, 0.15) is 18.0 Å². The van der Waals surface area contributed by atoms with Gasteiger partial charge in [-0.25, -0.2) is 4.79 Å². The van der Waals surface area contributed by atoms with Gasteiger partial charge < -0.3 is 24.6 Å². The van der Waals surface area contributed by atoms with Gasteiger partial charge in [-0.2, -0.15) is 0 Å². The summed E-state index contributed by atoms with van der Waals surface area (Å²) >= 11 is 0. The van der Waals surface area contributed by atoms with E-state index in [0.29, 0.717) is 19.0 Å². The largest absolute Gasteiger partial charge is 0.488 e. The molecule has 7 heteroatoms. The van der Waals surface area contributed by atoms with Crippen LogP contribution in [0.4, 0.5) is 4.79 Å². The molecule has 152 valence electrons. The number of benzene rings is 1. The van der Waals surface area contributed by atoms with Crippen LogP contribution in [-0.2, 0) is 9.53 Å². The van der Waals surface area contributed by atoms with Crippen LogP contribution in [0.15, 0.2) is 24.3 Å². The maximum absolute atomic E-state index is 12.8. The van der Waals surface area contributed by atoms with E-state index in [1.54, 1.807) is 0 Å². The Morgan fingerprint density at radius 3 is 2.54 bits per heavy atom. The second-order valence-corrected chi connectivity index (χ2v) is 8.93. The standard InChI is InChI=1S/C21H29N3O4/c1-21(2,3)28-16-6-4-14(5-7-16)15-10-24(11-15)20(26)23-9-8-18-17(12-23)22-19(25)13-27-18/h4-7,15,17-18H,8-13H2,1-3H3,(H,22,25)/t17-,18+/m1/s1. The lowest BCUT2D eigenvalue weighted by molar-refractivity contribution is -0.139. The first-order valence-corrected chi connectivity index (χ1v) is 10.0. The SMILES string of the molecule is CC(C)(C)Oc1ccc(C2CN(C(=O)N3CC[C@@H]4OCC(=O)N[C@@H]4C3)C2)cc1. The summed E-state index contributed by atoms with van der Waals surface area (Å²) in [7, 11) is 0. The molecular weight excluding hydrogens is 358 g/mol. The minimum atomic E-state index is -0.211. The van der Waals surface area contributed by atoms with Crippen molar-refractivity contribution in [1.82, 2.24) is 15.1 Å². The molecule has 0 aliphatic carbocycles. The van der Waals surface area contributed by atoms with Gasteiger partial charge in [0.05, 0.1) is 12.1 Å². The lowest BCUT2D eigenvalue weighted by Gasteiger charge is -2.46. The van der Waals surface area contributed by atoms with Crippen molar-refractivity contribution in [2.75, 3.05) is 32.8 Å². The van der Waals surface area contributed by atoms with Crippen molar-refractivity contribution >= 4 is 11.9 Å². The van der Waals surface area contributed by atoms with E-state index >= 15 is 0 Å². The molecule has 1 N–H and O–H groups in total. The zero-order chi connectivity index (χ0) is 19.9. The predicted octanol–water partition coefficient (Wildman–Crippen LogP) is 1.97. The number of hydrogen-bond donors (Lipinski definition) is 1. The Labute approximate surface area is 166 Å². The fraction of sp³-hybridized carbons (Fsp3) is 0.619. The molecule has 1 aromatic carbocycles. The van der Waals surface area contributed by atoms with Crippen LogP contribution in [0.5, 0.6) is 5.75 Å². The number of piperidine rings is 1. The van der Waals surface area contributed by atoms with E-state index in [4.69, 9.17) is 9.47 Å². The second kappa shape index (κ2) is 7.28. The number of carbonyl (C=O) groups is 2. The first kappa shape index (κ1) is 19.1. The van der Waals surface area contributed by atoms with Crippen LogP contribution in [0.2, 0.25) is 0 Å². The van der Waals surface area contributed by atoms with Crippen LogP contribution in [0.3, 0.4) is 0 Å². The molecular formula is C21H29N3O4. The van der Waals surface area contributed by atoms with E-state index in [0.717, 1.165) is 25.3 Å². The lowest BCUT2D eigenvalue weighted by atomic mass is 9.91. The van der Waals surface area contributed by atoms with Crippen LogP contribution in [0.25, 0.3) is 0 Å². The Balaban J connectivity index is 1.29. The van der Waals surface area contributed by atoms with E-state index in [2.05, 4.69) is 17.4 Å². The number of nitrogens with zero attached hydrogens (tertiary/aromatic N) is 2. The maximum atomic E-state index is 12.8. The molecule has 3 heterocycles. The average Bonchev–Trinajstić information content (AvgIpc) is 2.60. The first-order valence-electron chi connectivity index (χ1n) is 10.0. The molecule has 0 spiro atoms. The summed E-state index contributed by atoms with van der Waals surface area (Å²) in [5.41, 5.74) is 1.02. The first-order chi connectivity index (χ1) is 13.3. The Morgan fingerprint density at radius 2 is 1.86 bits per heavy atom. The minimum Gasteiger partial charge on any atom is -0.488 e. The highest BCUT2D eigenvalue weighted by Crippen LogP contribution is 2.30. The molecule has 0 radical (unpaired) electrons. The molecule has 3 aliphatic heterocycles. The van der Waals surface area contributed by atoms with E-state index in [-0.39, 0.29) is 36.3 Å². The second-order valence-electron chi connectivity index (χ2n) is 8.93. The Morgan fingerprint density at radius 1 is 1.14 bits per heavy atom. The monoisotopic (exact) mass is 387 g/mol. The fourth-order valence-electron chi connectivity index (χ4n) is 4.08. The van der Waals surface area contributed by atoms with Gasteiger partial charge in [-0.3, -0.25) is 4.79 Å². The Hall–Kier alpha value is -2.28. The van der Waals surface area contributed by atoms with Gasteiger partial charge in [-0.05, 0) is 44.9 Å². The molecule has 3 fully saturated rings. The molecule has 0 aromatic heterocycles. The number of amides is 3. The summed E-state index contributed by atoms with van der Waals surface area (Å²) < 4.78 is 11.4. The number of likely N-dealkylation sites (tertiary alicyclic amines) is 2. The number of rotatable bonds is 2. The summed E-state index contributed by atoms with van der Waals surface area (Å²) in [6.07, 6.45) is 0.795. The van der Waals surface area contributed by atoms with Crippen molar-refractivity contribution in [1.29, 1.82) is 0 Å². The zero-order valence-corrected chi connectivity index (χ0v) is 16.8. The maximum Gasteiger partial charge on any atom is 0.320 e. The van der Waals surface area contributed by atoms with Crippen LogP contribution in [0.1, 0.15) is 38.7 Å². The number of urea groups is 1. The number of morpholine rings is 1. The number of hydrogen-bond acceptors (Lipinski definition) is 4. The van der Waals surface area contributed by atoms with E-state index < -0.39 is 0 Å². The highest BCUT2D eigenvalue weighted by Gasteiger charge is 2.40. The van der Waals surface area contributed by atoms with E-state index in [1.807, 2.05) is 42.7 Å². The number of fused-ring (bicyclic) bond motifs is 1. The predicted molar refractivity (Wildman–Crippen MR) is 104 cm³/mol. The van der Waals surface area contributed by atoms with Crippen molar-refractivity contribution in [3.8, 4) is 5.75 Å². The molecule has 7 nitrogen and oxygen atoms in total. The summed E-state index contributed by atoms with van der Waals surface area (Å²) in [6, 6.07) is 8.15. The van der Waals surface area contributed by atoms with Gasteiger partial charge in [-0.15, -0.1) is 0 Å². The van der Waals surface area contributed by atoms with Crippen molar-refractivity contribution in [3.05, 3.63) is 29.8 Å². The average molecular weight is 387 g/mol. The summed E-state index contributed by atoms with van der Waals surface area (Å²) in [6.45, 7) is 8.88. The summed E-state index contributed by atoms with van der Waals surface area (Å²) in [4.78, 5) is 28.1. The van der Waals surface area contributed by atoms with Crippen molar-refractivity contribution in [3.63, 3.8) is 0 Å².